The summed E-state index contributed by atoms with van der Waals surface area (Å²) < 4.78 is 66.5. The van der Waals surface area contributed by atoms with Crippen LogP contribution in [0.5, 0.6) is 0 Å². The van der Waals surface area contributed by atoms with Gasteiger partial charge in [-0.1, -0.05) is 23.7 Å². The van der Waals surface area contributed by atoms with E-state index in [0.717, 1.165) is 27.6 Å². The molecule has 1 amide bonds. The minimum atomic E-state index is -4.66. The second-order valence-corrected chi connectivity index (χ2v) is 8.24. The van der Waals surface area contributed by atoms with Crippen molar-refractivity contribution in [1.82, 2.24) is 5.06 Å². The third kappa shape index (κ3) is 4.94. The molecule has 0 saturated heterocycles. The molecule has 0 aromatic heterocycles. The number of rotatable bonds is 7. The van der Waals surface area contributed by atoms with Gasteiger partial charge >= 0.3 is 6.18 Å². The van der Waals surface area contributed by atoms with Crippen LogP contribution in [0, 0.1) is 0 Å². The molecular formula is C19H18ClF3N2O4S. The highest BCUT2D eigenvalue weighted by molar-refractivity contribution is 7.93. The van der Waals surface area contributed by atoms with Crippen molar-refractivity contribution in [3.8, 4) is 0 Å². The van der Waals surface area contributed by atoms with Crippen LogP contribution in [0.1, 0.15) is 15.9 Å². The lowest BCUT2D eigenvalue weighted by Gasteiger charge is -2.25. The fraction of sp³-hybridized carbons (Fsp3) is 0.211. The van der Waals surface area contributed by atoms with Crippen molar-refractivity contribution < 1.29 is 31.2 Å². The maximum absolute atomic E-state index is 13.3. The second-order valence-electron chi connectivity index (χ2n) is 6.00. The average Bonchev–Trinajstić information content (AvgIpc) is 2.70. The number of anilines is 1. The fourth-order valence-corrected chi connectivity index (χ4v) is 4.45. The molecule has 2 aromatic rings. The largest absolute Gasteiger partial charge is 0.416 e. The molecule has 30 heavy (non-hydrogen) atoms. The minimum Gasteiger partial charge on any atom is -0.274 e. The van der Waals surface area contributed by atoms with E-state index in [0.29, 0.717) is 6.07 Å². The number of halogens is 4. The Morgan fingerprint density at radius 2 is 1.90 bits per heavy atom. The van der Waals surface area contributed by atoms with E-state index in [2.05, 4.69) is 6.58 Å². The number of hydrogen-bond donors (Lipinski definition) is 0. The van der Waals surface area contributed by atoms with Crippen molar-refractivity contribution in [2.24, 2.45) is 0 Å². The van der Waals surface area contributed by atoms with Gasteiger partial charge in [0.1, 0.15) is 4.90 Å². The zero-order chi connectivity index (χ0) is 22.7. The molecule has 162 valence electrons. The summed E-state index contributed by atoms with van der Waals surface area (Å²) in [6.07, 6.45) is -3.44. The molecule has 11 heteroatoms. The van der Waals surface area contributed by atoms with Gasteiger partial charge < -0.3 is 0 Å². The van der Waals surface area contributed by atoms with Crippen LogP contribution in [-0.4, -0.2) is 40.1 Å². The molecule has 2 rings (SSSR count). The lowest BCUT2D eigenvalue weighted by molar-refractivity contribution is -0.137. The Labute approximate surface area is 177 Å². The maximum Gasteiger partial charge on any atom is 0.416 e. The molecule has 0 aliphatic carbocycles. The molecule has 0 unspecified atom stereocenters. The van der Waals surface area contributed by atoms with Crippen LogP contribution in [-0.2, 0) is 21.0 Å². The van der Waals surface area contributed by atoms with E-state index >= 15 is 0 Å². The van der Waals surface area contributed by atoms with Crippen molar-refractivity contribution in [3.05, 3.63) is 71.3 Å². The monoisotopic (exact) mass is 462 g/mol. The van der Waals surface area contributed by atoms with Gasteiger partial charge in [-0.3, -0.25) is 13.9 Å². The number of sulfonamides is 1. The number of amides is 1. The normalized spacial score (nSPS) is 11.8. The van der Waals surface area contributed by atoms with Crippen LogP contribution in [0.25, 0.3) is 0 Å². The first-order valence-corrected chi connectivity index (χ1v) is 10.2. The Bertz CT molecular complexity index is 1060. The summed E-state index contributed by atoms with van der Waals surface area (Å²) in [6, 6.07) is 7.42. The van der Waals surface area contributed by atoms with Gasteiger partial charge in [-0.15, -0.1) is 6.58 Å². The standard InChI is InChI=1S/C19H18ClF3N2O4S/c1-4-10-25(15-7-5-6-14(12-15)19(21,22)23)30(27,28)17-11-13(8-9-16(17)20)18(26)24(2)29-3/h4-9,11-12H,1,10H2,2-3H3. The number of carbonyl (C=O) groups is 1. The molecule has 0 aliphatic rings. The third-order valence-electron chi connectivity index (χ3n) is 4.06. The third-order valence-corrected chi connectivity index (χ3v) is 6.34. The molecule has 0 fully saturated rings. The van der Waals surface area contributed by atoms with Crippen molar-refractivity contribution in [1.29, 1.82) is 0 Å². The Morgan fingerprint density at radius 1 is 1.23 bits per heavy atom. The number of hydrogen-bond acceptors (Lipinski definition) is 4. The summed E-state index contributed by atoms with van der Waals surface area (Å²) in [4.78, 5) is 16.6. The van der Waals surface area contributed by atoms with Crippen molar-refractivity contribution in [2.75, 3.05) is 25.0 Å². The average molecular weight is 463 g/mol. The van der Waals surface area contributed by atoms with Crippen LogP contribution in [0.4, 0.5) is 18.9 Å². The molecular weight excluding hydrogens is 445 g/mol. The molecule has 0 atom stereocenters. The first-order valence-electron chi connectivity index (χ1n) is 8.36. The van der Waals surface area contributed by atoms with Gasteiger partial charge in [0.15, 0.2) is 0 Å². The Morgan fingerprint density at radius 3 is 2.47 bits per heavy atom. The topological polar surface area (TPSA) is 66.9 Å². The van der Waals surface area contributed by atoms with Crippen molar-refractivity contribution >= 4 is 33.2 Å². The second kappa shape index (κ2) is 9.07. The van der Waals surface area contributed by atoms with Crippen LogP contribution in [0.3, 0.4) is 0 Å². The Balaban J connectivity index is 2.62. The van der Waals surface area contributed by atoms with Gasteiger partial charge in [0.2, 0.25) is 0 Å². The van der Waals surface area contributed by atoms with E-state index in [-0.39, 0.29) is 22.8 Å². The smallest absolute Gasteiger partial charge is 0.274 e. The SMILES string of the molecule is C=CCN(c1cccc(C(F)(F)F)c1)S(=O)(=O)c1cc(C(=O)N(C)OC)ccc1Cl. The molecule has 6 nitrogen and oxygen atoms in total. The van der Waals surface area contributed by atoms with Gasteiger partial charge in [-0.2, -0.15) is 13.2 Å². The van der Waals surface area contributed by atoms with Crippen LogP contribution in [0.15, 0.2) is 60.0 Å². The van der Waals surface area contributed by atoms with E-state index in [9.17, 15) is 26.4 Å². The fourth-order valence-electron chi connectivity index (χ4n) is 2.51. The lowest BCUT2D eigenvalue weighted by Crippen LogP contribution is -2.32. The minimum absolute atomic E-state index is 0.0371. The zero-order valence-electron chi connectivity index (χ0n) is 16.0. The molecule has 0 aliphatic heterocycles. The van der Waals surface area contributed by atoms with Crippen LogP contribution in [0.2, 0.25) is 5.02 Å². The predicted molar refractivity (Wildman–Crippen MR) is 107 cm³/mol. The van der Waals surface area contributed by atoms with Crippen molar-refractivity contribution in [3.63, 3.8) is 0 Å². The molecule has 0 radical (unpaired) electrons. The van der Waals surface area contributed by atoms with E-state index in [1.54, 1.807) is 0 Å². The molecule has 0 bridgehead atoms. The predicted octanol–water partition coefficient (Wildman–Crippen LogP) is 4.37. The summed E-state index contributed by atoms with van der Waals surface area (Å²) in [6.45, 7) is 3.14. The van der Waals surface area contributed by atoms with Gasteiger partial charge in [-0.25, -0.2) is 13.5 Å². The zero-order valence-corrected chi connectivity index (χ0v) is 17.6. The number of nitrogens with zero attached hydrogens (tertiary/aromatic N) is 2. The summed E-state index contributed by atoms with van der Waals surface area (Å²) in [7, 11) is -1.86. The molecule has 0 saturated carbocycles. The van der Waals surface area contributed by atoms with Crippen LogP contribution < -0.4 is 4.31 Å². The van der Waals surface area contributed by atoms with Gasteiger partial charge in [0, 0.05) is 12.6 Å². The number of hydroxylamine groups is 2. The Hall–Kier alpha value is -2.56. The highest BCUT2D eigenvalue weighted by atomic mass is 35.5. The first-order chi connectivity index (χ1) is 13.9. The summed E-state index contributed by atoms with van der Waals surface area (Å²) in [5.41, 5.74) is -1.28. The van der Waals surface area contributed by atoms with E-state index in [4.69, 9.17) is 16.4 Å². The number of benzene rings is 2. The highest BCUT2D eigenvalue weighted by Crippen LogP contribution is 2.34. The number of alkyl halides is 3. The summed E-state index contributed by atoms with van der Waals surface area (Å²) >= 11 is 6.07. The van der Waals surface area contributed by atoms with E-state index < -0.39 is 32.6 Å². The molecule has 0 heterocycles. The summed E-state index contributed by atoms with van der Waals surface area (Å²) in [5.74, 6) is -0.639. The van der Waals surface area contributed by atoms with Gasteiger partial charge in [-0.05, 0) is 36.4 Å². The van der Waals surface area contributed by atoms with Crippen LogP contribution >= 0.6 is 11.6 Å². The molecule has 0 spiro atoms. The lowest BCUT2D eigenvalue weighted by atomic mass is 10.2. The molecule has 2 aromatic carbocycles. The molecule has 0 N–H and O–H groups in total. The van der Waals surface area contributed by atoms with Gasteiger partial charge in [0.25, 0.3) is 15.9 Å². The summed E-state index contributed by atoms with van der Waals surface area (Å²) in [5, 5.41) is 0.682. The Kier molecular flexibility index (Phi) is 7.17. The van der Waals surface area contributed by atoms with Gasteiger partial charge in [0.05, 0.1) is 29.9 Å². The van der Waals surface area contributed by atoms with E-state index in [1.807, 2.05) is 0 Å². The quantitative estimate of drug-likeness (QED) is 0.452. The maximum atomic E-state index is 13.3. The highest BCUT2D eigenvalue weighted by Gasteiger charge is 2.33. The number of carbonyl (C=O) groups excluding carboxylic acids is 1. The van der Waals surface area contributed by atoms with E-state index in [1.165, 1.54) is 38.4 Å². The van der Waals surface area contributed by atoms with Crippen molar-refractivity contribution in [2.45, 2.75) is 11.1 Å². The first kappa shape index (κ1) is 23.7.